The fraction of sp³-hybridized carbons (Fsp3) is 0.231. The number of benzene rings is 1. The molecule has 1 aromatic heterocycles. The molecular weight excluding hydrogens is 316 g/mol. The van der Waals surface area contributed by atoms with Gasteiger partial charge in [0.05, 0.1) is 10.4 Å². The van der Waals surface area contributed by atoms with Gasteiger partial charge >= 0.3 is 0 Å². The highest BCUT2D eigenvalue weighted by molar-refractivity contribution is 9.11. The molecule has 0 bridgehead atoms. The van der Waals surface area contributed by atoms with Crippen LogP contribution in [0.3, 0.4) is 0 Å². The van der Waals surface area contributed by atoms with Crippen molar-refractivity contribution in [3.05, 3.63) is 51.1 Å². The predicted molar refractivity (Wildman–Crippen MR) is 80.1 cm³/mol. The molecule has 0 N–H and O–H groups in total. The standard InChI is InChI=1S/C13H13BrOS2/c14-13-7-6-12(17-13)10-16-9-8-15-11-4-2-1-3-5-11/h1-7H,8-10H2. The summed E-state index contributed by atoms with van der Waals surface area (Å²) >= 11 is 7.17. The van der Waals surface area contributed by atoms with E-state index in [4.69, 9.17) is 4.74 Å². The van der Waals surface area contributed by atoms with Gasteiger partial charge in [-0.05, 0) is 40.2 Å². The van der Waals surface area contributed by atoms with E-state index in [0.717, 1.165) is 23.9 Å². The molecule has 0 atom stereocenters. The number of thiophene rings is 1. The predicted octanol–water partition coefficient (Wildman–Crippen LogP) is 4.82. The van der Waals surface area contributed by atoms with Gasteiger partial charge < -0.3 is 4.74 Å². The van der Waals surface area contributed by atoms with E-state index in [-0.39, 0.29) is 0 Å². The number of ether oxygens (including phenoxy) is 1. The second kappa shape index (κ2) is 7.09. The molecule has 17 heavy (non-hydrogen) atoms. The van der Waals surface area contributed by atoms with Crippen LogP contribution in [0, 0.1) is 0 Å². The van der Waals surface area contributed by atoms with Gasteiger partial charge in [-0.15, -0.1) is 11.3 Å². The number of rotatable bonds is 6. The lowest BCUT2D eigenvalue weighted by Gasteiger charge is -2.04. The normalized spacial score (nSPS) is 10.4. The van der Waals surface area contributed by atoms with Crippen molar-refractivity contribution in [2.24, 2.45) is 0 Å². The summed E-state index contributed by atoms with van der Waals surface area (Å²) in [5.41, 5.74) is 0. The second-order valence-electron chi connectivity index (χ2n) is 3.42. The number of halogens is 1. The maximum absolute atomic E-state index is 5.62. The first-order valence-corrected chi connectivity index (χ1v) is 8.11. The van der Waals surface area contributed by atoms with Gasteiger partial charge in [-0.3, -0.25) is 0 Å². The summed E-state index contributed by atoms with van der Waals surface area (Å²) < 4.78 is 6.82. The van der Waals surface area contributed by atoms with Gasteiger partial charge in [0.15, 0.2) is 0 Å². The molecule has 0 radical (unpaired) electrons. The highest BCUT2D eigenvalue weighted by Crippen LogP contribution is 2.25. The van der Waals surface area contributed by atoms with E-state index in [0.29, 0.717) is 0 Å². The first kappa shape index (κ1) is 13.0. The van der Waals surface area contributed by atoms with Gasteiger partial charge in [0.2, 0.25) is 0 Å². The number of hydrogen-bond acceptors (Lipinski definition) is 3. The molecule has 1 heterocycles. The summed E-state index contributed by atoms with van der Waals surface area (Å²) in [4.78, 5) is 1.40. The molecule has 0 aliphatic carbocycles. The lowest BCUT2D eigenvalue weighted by molar-refractivity contribution is 0.344. The zero-order valence-corrected chi connectivity index (χ0v) is 12.5. The minimum atomic E-state index is 0.765. The Morgan fingerprint density at radius 2 is 1.94 bits per heavy atom. The average molecular weight is 329 g/mol. The fourth-order valence-electron chi connectivity index (χ4n) is 1.34. The van der Waals surface area contributed by atoms with E-state index in [1.807, 2.05) is 42.1 Å². The molecule has 0 saturated heterocycles. The Labute approximate surface area is 118 Å². The van der Waals surface area contributed by atoms with Gasteiger partial charge in [0.1, 0.15) is 5.75 Å². The van der Waals surface area contributed by atoms with Crippen molar-refractivity contribution in [1.82, 2.24) is 0 Å². The molecule has 0 fully saturated rings. The molecule has 0 aliphatic heterocycles. The first-order valence-electron chi connectivity index (χ1n) is 5.34. The lowest BCUT2D eigenvalue weighted by Crippen LogP contribution is -1.99. The zero-order chi connectivity index (χ0) is 11.9. The Bertz CT molecular complexity index is 442. The van der Waals surface area contributed by atoms with Crippen molar-refractivity contribution < 1.29 is 4.74 Å². The Balaban J connectivity index is 1.61. The molecule has 1 aromatic carbocycles. The minimum Gasteiger partial charge on any atom is -0.493 e. The maximum Gasteiger partial charge on any atom is 0.119 e. The van der Waals surface area contributed by atoms with E-state index in [1.165, 1.54) is 8.66 Å². The molecule has 2 aromatic rings. The third kappa shape index (κ3) is 4.74. The molecule has 0 amide bonds. The quantitative estimate of drug-likeness (QED) is 0.703. The molecule has 0 saturated carbocycles. The zero-order valence-electron chi connectivity index (χ0n) is 9.27. The molecule has 0 spiro atoms. The van der Waals surface area contributed by atoms with E-state index in [9.17, 15) is 0 Å². The summed E-state index contributed by atoms with van der Waals surface area (Å²) in [7, 11) is 0. The Kier molecular flexibility index (Phi) is 5.42. The number of hydrogen-bond donors (Lipinski definition) is 0. The third-order valence-electron chi connectivity index (χ3n) is 2.11. The van der Waals surface area contributed by atoms with E-state index in [1.54, 1.807) is 11.3 Å². The van der Waals surface area contributed by atoms with Gasteiger partial charge in [-0.25, -0.2) is 0 Å². The van der Waals surface area contributed by atoms with Crippen LogP contribution in [0.5, 0.6) is 5.75 Å². The van der Waals surface area contributed by atoms with Crippen molar-refractivity contribution in [3.8, 4) is 5.75 Å². The summed E-state index contributed by atoms with van der Waals surface area (Å²) in [6.45, 7) is 0.765. The maximum atomic E-state index is 5.62. The molecule has 0 aliphatic rings. The van der Waals surface area contributed by atoms with Crippen LogP contribution >= 0.6 is 39.0 Å². The third-order valence-corrected chi connectivity index (χ3v) is 4.89. The van der Waals surface area contributed by atoms with Crippen LogP contribution in [0.15, 0.2) is 46.3 Å². The van der Waals surface area contributed by atoms with Crippen LogP contribution in [0.1, 0.15) is 4.88 Å². The van der Waals surface area contributed by atoms with Crippen molar-refractivity contribution in [3.63, 3.8) is 0 Å². The van der Waals surface area contributed by atoms with Crippen LogP contribution in [0.2, 0.25) is 0 Å². The van der Waals surface area contributed by atoms with E-state index >= 15 is 0 Å². The van der Waals surface area contributed by atoms with Crippen LogP contribution in [-0.2, 0) is 5.75 Å². The van der Waals surface area contributed by atoms with Crippen molar-refractivity contribution in [1.29, 1.82) is 0 Å². The monoisotopic (exact) mass is 328 g/mol. The molecule has 4 heteroatoms. The Morgan fingerprint density at radius 3 is 2.65 bits per heavy atom. The molecule has 1 nitrogen and oxygen atoms in total. The van der Waals surface area contributed by atoms with Gasteiger partial charge in [-0.2, -0.15) is 11.8 Å². The molecular formula is C13H13BrOS2. The Morgan fingerprint density at radius 1 is 1.12 bits per heavy atom. The van der Waals surface area contributed by atoms with Crippen LogP contribution in [0.25, 0.3) is 0 Å². The average Bonchev–Trinajstić information content (AvgIpc) is 2.76. The number of thioether (sulfide) groups is 1. The summed E-state index contributed by atoms with van der Waals surface area (Å²) in [5.74, 6) is 3.03. The molecule has 0 unspecified atom stereocenters. The summed E-state index contributed by atoms with van der Waals surface area (Å²) in [6, 6.07) is 14.2. The minimum absolute atomic E-state index is 0.765. The van der Waals surface area contributed by atoms with Gasteiger partial charge in [-0.1, -0.05) is 18.2 Å². The van der Waals surface area contributed by atoms with Crippen molar-refractivity contribution >= 4 is 39.0 Å². The van der Waals surface area contributed by atoms with E-state index in [2.05, 4.69) is 28.1 Å². The lowest BCUT2D eigenvalue weighted by atomic mass is 10.3. The summed E-state index contributed by atoms with van der Waals surface area (Å²) in [5, 5.41) is 0. The van der Waals surface area contributed by atoms with Gasteiger partial charge in [0.25, 0.3) is 0 Å². The largest absolute Gasteiger partial charge is 0.493 e. The van der Waals surface area contributed by atoms with Crippen molar-refractivity contribution in [2.45, 2.75) is 5.75 Å². The second-order valence-corrected chi connectivity index (χ2v) is 7.07. The van der Waals surface area contributed by atoms with Crippen LogP contribution in [-0.4, -0.2) is 12.4 Å². The Hall–Kier alpha value is -0.450. The highest BCUT2D eigenvalue weighted by atomic mass is 79.9. The van der Waals surface area contributed by atoms with Crippen LogP contribution in [0.4, 0.5) is 0 Å². The highest BCUT2D eigenvalue weighted by Gasteiger charge is 1.98. The summed E-state index contributed by atoms with van der Waals surface area (Å²) in [6.07, 6.45) is 0. The fourth-order valence-corrected chi connectivity index (χ4v) is 3.74. The SMILES string of the molecule is Brc1ccc(CSCCOc2ccccc2)s1. The van der Waals surface area contributed by atoms with E-state index < -0.39 is 0 Å². The smallest absolute Gasteiger partial charge is 0.119 e. The molecule has 90 valence electrons. The number of para-hydroxylation sites is 1. The first-order chi connectivity index (χ1) is 8.34. The van der Waals surface area contributed by atoms with Crippen molar-refractivity contribution in [2.75, 3.05) is 12.4 Å². The van der Waals surface area contributed by atoms with Crippen LogP contribution < -0.4 is 4.74 Å². The molecule has 2 rings (SSSR count). The topological polar surface area (TPSA) is 9.23 Å². The van der Waals surface area contributed by atoms with Gasteiger partial charge in [0, 0.05) is 16.4 Å².